The van der Waals surface area contributed by atoms with Gasteiger partial charge in [0.2, 0.25) is 0 Å². The van der Waals surface area contributed by atoms with Gasteiger partial charge in [0.1, 0.15) is 22.9 Å². The summed E-state index contributed by atoms with van der Waals surface area (Å²) >= 11 is 6.35. The Bertz CT molecular complexity index is 1130. The number of carbonyl (C=O) groups is 1. The van der Waals surface area contributed by atoms with Crippen molar-refractivity contribution >= 4 is 17.5 Å². The van der Waals surface area contributed by atoms with Crippen molar-refractivity contribution in [3.05, 3.63) is 63.8 Å². The Balaban J connectivity index is 1.87. The molecule has 31 heavy (non-hydrogen) atoms. The zero-order valence-electron chi connectivity index (χ0n) is 17.9. The van der Waals surface area contributed by atoms with Crippen molar-refractivity contribution in [2.24, 2.45) is 0 Å². The highest BCUT2D eigenvalue weighted by Gasteiger charge is 2.42. The molecule has 0 saturated heterocycles. The van der Waals surface area contributed by atoms with E-state index in [0.29, 0.717) is 28.5 Å². The number of nitrogens with one attached hydrogen (secondary N) is 1. The first-order valence-electron chi connectivity index (χ1n) is 10.5. The van der Waals surface area contributed by atoms with Crippen LogP contribution in [0.3, 0.4) is 0 Å². The van der Waals surface area contributed by atoms with Crippen molar-refractivity contribution in [3.63, 3.8) is 0 Å². The molecular weight excluding hydrogens is 414 g/mol. The van der Waals surface area contributed by atoms with Crippen LogP contribution in [0.15, 0.2) is 36.4 Å². The van der Waals surface area contributed by atoms with Gasteiger partial charge in [0.15, 0.2) is 0 Å². The number of H-pyrrole nitrogens is 1. The van der Waals surface area contributed by atoms with E-state index in [1.165, 1.54) is 0 Å². The number of aromatic nitrogens is 2. The molecule has 2 heterocycles. The molecule has 0 fully saturated rings. The molecule has 0 saturated carbocycles. The van der Waals surface area contributed by atoms with Gasteiger partial charge < -0.3 is 14.7 Å². The quantitative estimate of drug-likeness (QED) is 0.477. The normalized spacial score (nSPS) is 15.4. The number of hydrogen-bond acceptors (Lipinski definition) is 4. The second-order valence-corrected chi connectivity index (χ2v) is 8.27. The number of methoxy groups -OCH3 is 1. The van der Waals surface area contributed by atoms with Gasteiger partial charge >= 0.3 is 0 Å². The van der Waals surface area contributed by atoms with Gasteiger partial charge in [-0.2, -0.15) is 5.10 Å². The average Bonchev–Trinajstić information content (AvgIpc) is 3.30. The van der Waals surface area contributed by atoms with Crippen molar-refractivity contribution in [2.75, 3.05) is 13.7 Å². The topological polar surface area (TPSA) is 78.5 Å². The number of phenols is 1. The summed E-state index contributed by atoms with van der Waals surface area (Å²) in [6.07, 6.45) is 3.03. The van der Waals surface area contributed by atoms with Crippen LogP contribution in [0.5, 0.6) is 11.5 Å². The first kappa shape index (κ1) is 21.2. The van der Waals surface area contributed by atoms with E-state index in [-0.39, 0.29) is 17.7 Å². The number of ether oxygens (including phenoxy) is 1. The van der Waals surface area contributed by atoms with E-state index in [1.54, 1.807) is 19.2 Å². The minimum atomic E-state index is -0.331. The summed E-state index contributed by atoms with van der Waals surface area (Å²) in [5.41, 5.74) is 3.96. The molecule has 1 aliphatic heterocycles. The van der Waals surface area contributed by atoms with Crippen LogP contribution >= 0.6 is 11.6 Å². The van der Waals surface area contributed by atoms with Crippen molar-refractivity contribution in [1.82, 2.24) is 15.1 Å². The molecule has 0 radical (unpaired) electrons. The summed E-state index contributed by atoms with van der Waals surface area (Å²) < 4.78 is 5.42. The van der Waals surface area contributed by atoms with Crippen molar-refractivity contribution in [2.45, 2.75) is 39.2 Å². The van der Waals surface area contributed by atoms with Gasteiger partial charge in [-0.3, -0.25) is 9.89 Å². The standard InChI is InChI=1S/C24H26ClN3O3/c1-4-5-6-10-28-23(15-8-7-9-16(12-15)31-3)20-21(26-27-22(20)24(28)30)17-13-18(25)14(2)11-19(17)29/h7-9,11-13,23,29H,4-6,10H2,1-3H3,(H,26,27). The van der Waals surface area contributed by atoms with E-state index in [1.807, 2.05) is 36.1 Å². The fourth-order valence-electron chi connectivity index (χ4n) is 4.18. The third-order valence-corrected chi connectivity index (χ3v) is 6.22. The number of aryl methyl sites for hydroxylation is 1. The Hall–Kier alpha value is -2.99. The predicted octanol–water partition coefficient (Wildman–Crippen LogP) is 5.49. The van der Waals surface area contributed by atoms with Crippen LogP contribution in [0, 0.1) is 6.92 Å². The Morgan fingerprint density at radius 3 is 2.81 bits per heavy atom. The number of benzene rings is 2. The van der Waals surface area contributed by atoms with E-state index in [9.17, 15) is 9.90 Å². The molecule has 162 valence electrons. The number of carbonyl (C=O) groups excluding carboxylic acids is 1. The van der Waals surface area contributed by atoms with E-state index >= 15 is 0 Å². The lowest BCUT2D eigenvalue weighted by molar-refractivity contribution is 0.0740. The number of fused-ring (bicyclic) bond motifs is 1. The maximum absolute atomic E-state index is 13.3. The first-order chi connectivity index (χ1) is 15.0. The fraction of sp³-hybridized carbons (Fsp3) is 0.333. The number of phenolic OH excluding ortho intramolecular Hbond substituents is 1. The molecule has 1 aliphatic rings. The highest BCUT2D eigenvalue weighted by Crippen LogP contribution is 2.45. The summed E-state index contributed by atoms with van der Waals surface area (Å²) in [5.74, 6) is 0.714. The van der Waals surface area contributed by atoms with Crippen LogP contribution in [-0.2, 0) is 0 Å². The Morgan fingerprint density at radius 2 is 2.06 bits per heavy atom. The summed E-state index contributed by atoms with van der Waals surface area (Å²) in [4.78, 5) is 15.2. The number of hydrogen-bond donors (Lipinski definition) is 2. The SMILES string of the molecule is CCCCCN1C(=O)c2[nH]nc(-c3cc(Cl)c(C)cc3O)c2C1c1cccc(OC)c1. The first-order valence-corrected chi connectivity index (χ1v) is 10.9. The molecule has 1 unspecified atom stereocenters. The Kier molecular flexibility index (Phi) is 5.92. The largest absolute Gasteiger partial charge is 0.507 e. The van der Waals surface area contributed by atoms with Crippen molar-refractivity contribution < 1.29 is 14.6 Å². The van der Waals surface area contributed by atoms with Crippen molar-refractivity contribution in [1.29, 1.82) is 0 Å². The lowest BCUT2D eigenvalue weighted by Gasteiger charge is -2.26. The van der Waals surface area contributed by atoms with E-state index in [2.05, 4.69) is 17.1 Å². The monoisotopic (exact) mass is 439 g/mol. The van der Waals surface area contributed by atoms with Crippen LogP contribution in [0.2, 0.25) is 5.02 Å². The van der Waals surface area contributed by atoms with Crippen LogP contribution < -0.4 is 4.74 Å². The average molecular weight is 440 g/mol. The smallest absolute Gasteiger partial charge is 0.273 e. The summed E-state index contributed by atoms with van der Waals surface area (Å²) in [5, 5.41) is 18.5. The molecule has 3 aromatic rings. The molecule has 1 amide bonds. The number of unbranched alkanes of at least 4 members (excludes halogenated alkanes) is 2. The second kappa shape index (κ2) is 8.63. The lowest BCUT2D eigenvalue weighted by Crippen LogP contribution is -2.30. The lowest BCUT2D eigenvalue weighted by atomic mass is 9.95. The molecule has 7 heteroatoms. The van der Waals surface area contributed by atoms with Gasteiger partial charge in [0, 0.05) is 22.7 Å². The van der Waals surface area contributed by atoms with E-state index in [4.69, 9.17) is 16.3 Å². The number of amides is 1. The van der Waals surface area contributed by atoms with Gasteiger partial charge in [-0.1, -0.05) is 43.5 Å². The molecule has 1 atom stereocenters. The third kappa shape index (κ3) is 3.76. The molecule has 0 spiro atoms. The Morgan fingerprint density at radius 1 is 1.26 bits per heavy atom. The highest BCUT2D eigenvalue weighted by atomic mass is 35.5. The third-order valence-electron chi connectivity index (χ3n) is 5.81. The number of nitrogens with zero attached hydrogens (tertiary/aromatic N) is 2. The van der Waals surface area contributed by atoms with E-state index in [0.717, 1.165) is 41.7 Å². The molecule has 0 aliphatic carbocycles. The maximum Gasteiger partial charge on any atom is 0.273 e. The molecular formula is C24H26ClN3O3. The zero-order chi connectivity index (χ0) is 22.1. The van der Waals surface area contributed by atoms with E-state index < -0.39 is 0 Å². The molecule has 6 nitrogen and oxygen atoms in total. The van der Waals surface area contributed by atoms with Gasteiger partial charge in [0.05, 0.1) is 13.2 Å². The van der Waals surface area contributed by atoms with Crippen LogP contribution in [0.1, 0.15) is 59.4 Å². The molecule has 1 aromatic heterocycles. The number of aromatic hydroxyl groups is 1. The number of halogens is 1. The van der Waals surface area contributed by atoms with Crippen LogP contribution in [0.25, 0.3) is 11.3 Å². The van der Waals surface area contributed by atoms with Gasteiger partial charge in [-0.25, -0.2) is 0 Å². The van der Waals surface area contributed by atoms with Gasteiger partial charge in [-0.15, -0.1) is 0 Å². The molecule has 4 rings (SSSR count). The number of aromatic amines is 1. The highest BCUT2D eigenvalue weighted by molar-refractivity contribution is 6.31. The second-order valence-electron chi connectivity index (χ2n) is 7.86. The van der Waals surface area contributed by atoms with Crippen molar-refractivity contribution in [3.8, 4) is 22.8 Å². The fourth-order valence-corrected chi connectivity index (χ4v) is 4.34. The summed E-state index contributed by atoms with van der Waals surface area (Å²) in [6.45, 7) is 4.61. The Labute approximate surface area is 186 Å². The molecule has 2 aromatic carbocycles. The molecule has 2 N–H and O–H groups in total. The van der Waals surface area contributed by atoms with Crippen LogP contribution in [0.4, 0.5) is 0 Å². The maximum atomic E-state index is 13.3. The molecule has 0 bridgehead atoms. The minimum Gasteiger partial charge on any atom is -0.507 e. The minimum absolute atomic E-state index is 0.0810. The zero-order valence-corrected chi connectivity index (χ0v) is 18.7. The number of rotatable bonds is 7. The predicted molar refractivity (Wildman–Crippen MR) is 121 cm³/mol. The van der Waals surface area contributed by atoms with Crippen LogP contribution in [-0.4, -0.2) is 39.8 Å². The summed E-state index contributed by atoms with van der Waals surface area (Å²) in [6, 6.07) is 10.7. The van der Waals surface area contributed by atoms with Gasteiger partial charge in [-0.05, 0) is 48.7 Å². The summed E-state index contributed by atoms with van der Waals surface area (Å²) in [7, 11) is 1.62. The van der Waals surface area contributed by atoms with Gasteiger partial charge in [0.25, 0.3) is 5.91 Å².